The molecule has 4 nitrogen and oxygen atoms in total. The van der Waals surface area contributed by atoms with Gasteiger partial charge in [-0.3, -0.25) is 4.79 Å². The van der Waals surface area contributed by atoms with Crippen molar-refractivity contribution in [3.05, 3.63) is 63.7 Å². The normalized spacial score (nSPS) is 13.5. The summed E-state index contributed by atoms with van der Waals surface area (Å²) >= 11 is 0. The number of benzene rings is 2. The van der Waals surface area contributed by atoms with Crippen molar-refractivity contribution >= 4 is 22.4 Å². The van der Waals surface area contributed by atoms with Crippen molar-refractivity contribution in [3.8, 4) is 5.88 Å². The number of H-pyrrole nitrogens is 1. The van der Waals surface area contributed by atoms with E-state index < -0.39 is 0 Å². The van der Waals surface area contributed by atoms with Gasteiger partial charge < -0.3 is 10.1 Å². The topological polar surface area (TPSA) is 65.4 Å². The fraction of sp³-hybridized carbons (Fsp3) is 0.111. The van der Waals surface area contributed by atoms with Gasteiger partial charge in [0.05, 0.1) is 16.5 Å². The average molecular weight is 290 g/mol. The van der Waals surface area contributed by atoms with Crippen molar-refractivity contribution < 1.29 is 9.90 Å². The molecule has 3 aromatic rings. The number of fused-ring (bicyclic) bond motifs is 2. The highest BCUT2D eigenvalue weighted by Crippen LogP contribution is 2.33. The summed E-state index contributed by atoms with van der Waals surface area (Å²) in [5.74, 6) is -0.301. The highest BCUT2D eigenvalue weighted by molar-refractivity contribution is 6.24. The molecule has 22 heavy (non-hydrogen) atoms. The molecule has 0 fully saturated rings. The second kappa shape index (κ2) is 4.31. The molecule has 0 spiro atoms. The van der Waals surface area contributed by atoms with Crippen LogP contribution in [0.3, 0.4) is 0 Å². The second-order valence-electron chi connectivity index (χ2n) is 5.71. The smallest absolute Gasteiger partial charge is 0.279 e. The van der Waals surface area contributed by atoms with E-state index in [2.05, 4.69) is 9.98 Å². The molecule has 4 heteroatoms. The van der Waals surface area contributed by atoms with E-state index in [9.17, 15) is 9.90 Å². The van der Waals surface area contributed by atoms with E-state index in [1.54, 1.807) is 0 Å². The van der Waals surface area contributed by atoms with E-state index in [-0.39, 0.29) is 11.8 Å². The van der Waals surface area contributed by atoms with Gasteiger partial charge in [0.25, 0.3) is 5.91 Å². The van der Waals surface area contributed by atoms with Crippen LogP contribution in [0.1, 0.15) is 16.7 Å². The SMILES string of the molecule is Cc1ccc2c(c1)=NC(=O)C=2c1c(O)[nH]c2cc(C)ccc12. The van der Waals surface area contributed by atoms with Gasteiger partial charge in [-0.05, 0) is 37.1 Å². The summed E-state index contributed by atoms with van der Waals surface area (Å²) < 4.78 is 0. The largest absolute Gasteiger partial charge is 0.494 e. The Morgan fingerprint density at radius 1 is 1.05 bits per heavy atom. The van der Waals surface area contributed by atoms with Gasteiger partial charge in [0.15, 0.2) is 5.88 Å². The van der Waals surface area contributed by atoms with Gasteiger partial charge in [-0.15, -0.1) is 0 Å². The van der Waals surface area contributed by atoms with Gasteiger partial charge in [-0.1, -0.05) is 24.3 Å². The lowest BCUT2D eigenvalue weighted by Crippen LogP contribution is -2.23. The third-order valence-corrected chi connectivity index (χ3v) is 4.04. The molecule has 0 atom stereocenters. The van der Waals surface area contributed by atoms with Gasteiger partial charge in [0.2, 0.25) is 0 Å². The monoisotopic (exact) mass is 290 g/mol. The molecule has 1 aromatic heterocycles. The van der Waals surface area contributed by atoms with Crippen molar-refractivity contribution in [1.82, 2.24) is 4.98 Å². The average Bonchev–Trinajstić information content (AvgIpc) is 2.93. The molecule has 1 amide bonds. The van der Waals surface area contributed by atoms with Crippen LogP contribution in [0.5, 0.6) is 5.88 Å². The fourth-order valence-corrected chi connectivity index (χ4v) is 3.02. The first kappa shape index (κ1) is 12.8. The highest BCUT2D eigenvalue weighted by Gasteiger charge is 2.24. The number of aryl methyl sites for hydroxylation is 2. The number of nitrogens with one attached hydrogen (secondary N) is 1. The number of carbonyl (C=O) groups excluding carboxylic acids is 1. The summed E-state index contributed by atoms with van der Waals surface area (Å²) in [6, 6.07) is 11.6. The minimum absolute atomic E-state index is 0.00701. The second-order valence-corrected chi connectivity index (χ2v) is 5.71. The summed E-state index contributed by atoms with van der Waals surface area (Å²) in [7, 11) is 0. The minimum atomic E-state index is -0.308. The number of hydrogen-bond donors (Lipinski definition) is 2. The molecule has 0 radical (unpaired) electrons. The number of aromatic amines is 1. The first-order chi connectivity index (χ1) is 10.5. The number of amides is 1. The highest BCUT2D eigenvalue weighted by atomic mass is 16.3. The quantitative estimate of drug-likeness (QED) is 0.718. The molecule has 0 saturated carbocycles. The summed E-state index contributed by atoms with van der Waals surface area (Å²) in [6.07, 6.45) is 0. The Hall–Kier alpha value is -2.88. The molecule has 108 valence electrons. The van der Waals surface area contributed by atoms with E-state index >= 15 is 0 Å². The van der Waals surface area contributed by atoms with Crippen LogP contribution in [0.15, 0.2) is 41.4 Å². The van der Waals surface area contributed by atoms with E-state index in [1.165, 1.54) is 0 Å². The van der Waals surface area contributed by atoms with Crippen LogP contribution in [0, 0.1) is 13.8 Å². The van der Waals surface area contributed by atoms with Crippen LogP contribution in [-0.4, -0.2) is 16.0 Å². The van der Waals surface area contributed by atoms with Crippen LogP contribution in [0.25, 0.3) is 16.5 Å². The summed E-state index contributed by atoms with van der Waals surface area (Å²) in [4.78, 5) is 19.4. The Morgan fingerprint density at radius 3 is 2.59 bits per heavy atom. The molecule has 2 N–H and O–H groups in total. The molecular formula is C18H14N2O2. The van der Waals surface area contributed by atoms with E-state index in [0.717, 1.165) is 27.2 Å². The van der Waals surface area contributed by atoms with Crippen molar-refractivity contribution in [2.75, 3.05) is 0 Å². The number of hydrogen-bond acceptors (Lipinski definition) is 2. The van der Waals surface area contributed by atoms with Gasteiger partial charge in [0.1, 0.15) is 0 Å². The fourth-order valence-electron chi connectivity index (χ4n) is 3.02. The van der Waals surface area contributed by atoms with Crippen LogP contribution < -0.4 is 10.6 Å². The maximum absolute atomic E-state index is 12.4. The lowest BCUT2D eigenvalue weighted by molar-refractivity contribution is -0.112. The predicted octanol–water partition coefficient (Wildman–Crippen LogP) is 1.85. The summed E-state index contributed by atoms with van der Waals surface area (Å²) in [5.41, 5.74) is 3.95. The Kier molecular flexibility index (Phi) is 2.51. The summed E-state index contributed by atoms with van der Waals surface area (Å²) in [5, 5.41) is 12.6. The molecule has 2 heterocycles. The van der Waals surface area contributed by atoms with Crippen molar-refractivity contribution in [3.63, 3.8) is 0 Å². The number of rotatable bonds is 1. The predicted molar refractivity (Wildman–Crippen MR) is 84.2 cm³/mol. The Labute approximate surface area is 126 Å². The van der Waals surface area contributed by atoms with Crippen molar-refractivity contribution in [2.45, 2.75) is 13.8 Å². The Balaban J connectivity index is 2.14. The maximum Gasteiger partial charge on any atom is 0.279 e. The Morgan fingerprint density at radius 2 is 1.77 bits per heavy atom. The van der Waals surface area contributed by atoms with E-state index in [1.807, 2.05) is 50.2 Å². The van der Waals surface area contributed by atoms with Crippen LogP contribution in [0.4, 0.5) is 0 Å². The zero-order valence-corrected chi connectivity index (χ0v) is 12.3. The number of carbonyl (C=O) groups is 1. The van der Waals surface area contributed by atoms with Gasteiger partial charge in [-0.25, -0.2) is 4.99 Å². The molecule has 0 unspecified atom stereocenters. The number of nitrogens with zero attached hydrogens (tertiary/aromatic N) is 1. The van der Waals surface area contributed by atoms with Crippen LogP contribution >= 0.6 is 0 Å². The number of aromatic nitrogens is 1. The lowest BCUT2D eigenvalue weighted by Gasteiger charge is -2.00. The van der Waals surface area contributed by atoms with E-state index in [0.29, 0.717) is 16.5 Å². The first-order valence-corrected chi connectivity index (χ1v) is 7.10. The van der Waals surface area contributed by atoms with Crippen LogP contribution in [0.2, 0.25) is 0 Å². The molecule has 2 aromatic carbocycles. The molecule has 4 rings (SSSR count). The van der Waals surface area contributed by atoms with Crippen molar-refractivity contribution in [2.24, 2.45) is 4.99 Å². The molecule has 1 aliphatic heterocycles. The zero-order valence-electron chi connectivity index (χ0n) is 12.3. The van der Waals surface area contributed by atoms with Crippen LogP contribution in [-0.2, 0) is 4.79 Å². The van der Waals surface area contributed by atoms with Gasteiger partial charge >= 0.3 is 0 Å². The first-order valence-electron chi connectivity index (χ1n) is 7.10. The minimum Gasteiger partial charge on any atom is -0.494 e. The summed E-state index contributed by atoms with van der Waals surface area (Å²) in [6.45, 7) is 3.95. The molecule has 1 aliphatic rings. The number of aromatic hydroxyl groups is 1. The maximum atomic E-state index is 12.4. The molecular weight excluding hydrogens is 276 g/mol. The van der Waals surface area contributed by atoms with Gasteiger partial charge in [-0.2, -0.15) is 0 Å². The Bertz CT molecular complexity index is 1070. The van der Waals surface area contributed by atoms with E-state index in [4.69, 9.17) is 0 Å². The standard InChI is InChI=1S/C18H14N2O2/c1-9-3-5-11-13(7-9)19-17(21)15(11)16-12-6-4-10(2)8-14(12)20-18(16)22/h3-8,19,21H,1-2H3. The molecule has 0 aliphatic carbocycles. The third-order valence-electron chi connectivity index (χ3n) is 4.04. The molecule has 0 bridgehead atoms. The van der Waals surface area contributed by atoms with Crippen molar-refractivity contribution in [1.29, 1.82) is 0 Å². The van der Waals surface area contributed by atoms with Gasteiger partial charge in [0, 0.05) is 16.1 Å². The molecule has 0 saturated heterocycles. The zero-order chi connectivity index (χ0) is 15.4. The third kappa shape index (κ3) is 1.70. The lowest BCUT2D eigenvalue weighted by atomic mass is 10.0.